The molecule has 1 unspecified atom stereocenters. The summed E-state index contributed by atoms with van der Waals surface area (Å²) < 4.78 is 2.07. The fraction of sp³-hybridized carbons (Fsp3) is 0.222. The molecule has 0 saturated heterocycles. The molecule has 0 saturated carbocycles. The van der Waals surface area contributed by atoms with Crippen molar-refractivity contribution in [2.45, 2.75) is 19.1 Å². The van der Waals surface area contributed by atoms with Gasteiger partial charge >= 0.3 is 5.69 Å². The first-order valence-electron chi connectivity index (χ1n) is 8.20. The molecule has 0 aliphatic rings. The molecular weight excluding hydrogens is 318 g/mol. The predicted molar refractivity (Wildman–Crippen MR) is 96.9 cm³/mol. The molecule has 0 fully saturated rings. The summed E-state index contributed by atoms with van der Waals surface area (Å²) in [4.78, 5) is 21.8. The van der Waals surface area contributed by atoms with Crippen LogP contribution in [0.4, 0.5) is 0 Å². The SMILES string of the molecule is CNC(O)CCc1nc2ccccc2n1-c1ccc2[nH]c(=O)[nH]c2c1. The lowest BCUT2D eigenvalue weighted by molar-refractivity contribution is 0.137. The highest BCUT2D eigenvalue weighted by Gasteiger charge is 2.14. The molecule has 7 nitrogen and oxygen atoms in total. The quantitative estimate of drug-likeness (QED) is 0.416. The molecule has 0 amide bonds. The molecular formula is C18H19N5O2. The van der Waals surface area contributed by atoms with Crippen molar-refractivity contribution < 1.29 is 5.11 Å². The number of aryl methyl sites for hydroxylation is 1. The standard InChI is InChI=1S/C18H19N5O2/c1-19-17(24)9-8-16-20-13-4-2-3-5-15(13)23(16)11-6-7-12-14(10-11)22-18(25)21-12/h2-7,10,17,19,24H,8-9H2,1H3,(H2,21,22,25). The van der Waals surface area contributed by atoms with E-state index in [0.717, 1.165) is 33.6 Å². The smallest absolute Gasteiger partial charge is 0.323 e. The minimum atomic E-state index is -0.572. The van der Waals surface area contributed by atoms with E-state index in [4.69, 9.17) is 4.98 Å². The van der Waals surface area contributed by atoms with Crippen LogP contribution in [0.15, 0.2) is 47.3 Å². The van der Waals surface area contributed by atoms with Crippen LogP contribution < -0.4 is 11.0 Å². The highest BCUT2D eigenvalue weighted by molar-refractivity contribution is 5.81. The van der Waals surface area contributed by atoms with Gasteiger partial charge in [0.25, 0.3) is 0 Å². The zero-order valence-corrected chi connectivity index (χ0v) is 13.8. The van der Waals surface area contributed by atoms with Crippen LogP contribution >= 0.6 is 0 Å². The van der Waals surface area contributed by atoms with E-state index in [-0.39, 0.29) is 5.69 Å². The van der Waals surface area contributed by atoms with Gasteiger partial charge in [-0.1, -0.05) is 12.1 Å². The maximum atomic E-state index is 11.5. The molecule has 0 radical (unpaired) electrons. The fourth-order valence-corrected chi connectivity index (χ4v) is 3.10. The number of hydrogen-bond donors (Lipinski definition) is 4. The molecule has 0 spiro atoms. The number of hydrogen-bond acceptors (Lipinski definition) is 4. The Balaban J connectivity index is 1.86. The normalized spacial score (nSPS) is 12.9. The van der Waals surface area contributed by atoms with Crippen LogP contribution in [0.1, 0.15) is 12.2 Å². The van der Waals surface area contributed by atoms with E-state index in [9.17, 15) is 9.90 Å². The van der Waals surface area contributed by atoms with E-state index in [1.54, 1.807) is 7.05 Å². The lowest BCUT2D eigenvalue weighted by atomic mass is 10.2. The van der Waals surface area contributed by atoms with E-state index >= 15 is 0 Å². The van der Waals surface area contributed by atoms with Gasteiger partial charge in [0, 0.05) is 12.1 Å². The molecule has 0 aliphatic heterocycles. The summed E-state index contributed by atoms with van der Waals surface area (Å²) in [5.41, 5.74) is 4.12. The van der Waals surface area contributed by atoms with Crippen LogP contribution in [-0.4, -0.2) is 37.9 Å². The molecule has 4 rings (SSSR count). The molecule has 7 heteroatoms. The number of fused-ring (bicyclic) bond motifs is 2. The van der Waals surface area contributed by atoms with E-state index in [1.807, 2.05) is 42.5 Å². The summed E-state index contributed by atoms with van der Waals surface area (Å²) in [5.74, 6) is 0.868. The third kappa shape index (κ3) is 2.84. The van der Waals surface area contributed by atoms with Crippen molar-refractivity contribution in [2.75, 3.05) is 7.05 Å². The Kier molecular flexibility index (Phi) is 3.87. The summed E-state index contributed by atoms with van der Waals surface area (Å²) in [6.07, 6.45) is 0.610. The van der Waals surface area contributed by atoms with Crippen LogP contribution in [0.5, 0.6) is 0 Å². The molecule has 2 aromatic heterocycles. The number of aromatic amines is 2. The number of imidazole rings is 2. The average Bonchev–Trinajstić information content (AvgIpc) is 3.17. The van der Waals surface area contributed by atoms with Crippen LogP contribution in [0.3, 0.4) is 0 Å². The van der Waals surface area contributed by atoms with Gasteiger partial charge in [0.2, 0.25) is 0 Å². The first-order chi connectivity index (χ1) is 12.2. The van der Waals surface area contributed by atoms with Gasteiger partial charge in [-0.05, 0) is 43.8 Å². The minimum Gasteiger partial charge on any atom is -0.379 e. The van der Waals surface area contributed by atoms with Gasteiger partial charge in [0.05, 0.1) is 22.1 Å². The number of aromatic nitrogens is 4. The second-order valence-electron chi connectivity index (χ2n) is 6.00. The van der Waals surface area contributed by atoms with Gasteiger partial charge in [0.15, 0.2) is 0 Å². The third-order valence-electron chi connectivity index (χ3n) is 4.36. The minimum absolute atomic E-state index is 0.222. The maximum Gasteiger partial charge on any atom is 0.323 e. The first-order valence-corrected chi connectivity index (χ1v) is 8.20. The molecule has 25 heavy (non-hydrogen) atoms. The molecule has 4 aromatic rings. The predicted octanol–water partition coefficient (Wildman–Crippen LogP) is 1.67. The topological polar surface area (TPSA) is 98.7 Å². The third-order valence-corrected chi connectivity index (χ3v) is 4.36. The fourth-order valence-electron chi connectivity index (χ4n) is 3.10. The van der Waals surface area contributed by atoms with Crippen molar-refractivity contribution in [1.29, 1.82) is 0 Å². The van der Waals surface area contributed by atoms with Gasteiger partial charge in [0.1, 0.15) is 12.1 Å². The summed E-state index contributed by atoms with van der Waals surface area (Å²) in [7, 11) is 1.73. The van der Waals surface area contributed by atoms with Gasteiger partial charge in [-0.2, -0.15) is 0 Å². The summed E-state index contributed by atoms with van der Waals surface area (Å²) in [6.45, 7) is 0. The first kappa shape index (κ1) is 15.6. The molecule has 0 aliphatic carbocycles. The largest absolute Gasteiger partial charge is 0.379 e. The number of aliphatic hydroxyl groups is 1. The van der Waals surface area contributed by atoms with E-state index in [1.165, 1.54) is 0 Å². The summed E-state index contributed by atoms with van der Waals surface area (Å²) in [6, 6.07) is 13.7. The van der Waals surface area contributed by atoms with Crippen molar-refractivity contribution in [1.82, 2.24) is 24.8 Å². The zero-order chi connectivity index (χ0) is 17.4. The average molecular weight is 337 g/mol. The van der Waals surface area contributed by atoms with Crippen molar-refractivity contribution >= 4 is 22.1 Å². The van der Waals surface area contributed by atoms with Gasteiger partial charge in [-0.15, -0.1) is 0 Å². The van der Waals surface area contributed by atoms with Crippen LogP contribution in [0.25, 0.3) is 27.8 Å². The number of benzene rings is 2. The number of H-pyrrole nitrogens is 2. The second-order valence-corrected chi connectivity index (χ2v) is 6.00. The van der Waals surface area contributed by atoms with Crippen molar-refractivity contribution in [2.24, 2.45) is 0 Å². The zero-order valence-electron chi connectivity index (χ0n) is 13.8. The highest BCUT2D eigenvalue weighted by atomic mass is 16.3. The number of para-hydroxylation sites is 2. The van der Waals surface area contributed by atoms with Gasteiger partial charge in [-0.3, -0.25) is 9.88 Å². The molecule has 4 N–H and O–H groups in total. The molecule has 128 valence electrons. The Morgan fingerprint density at radius 3 is 2.84 bits per heavy atom. The second kappa shape index (κ2) is 6.19. The highest BCUT2D eigenvalue weighted by Crippen LogP contribution is 2.24. The van der Waals surface area contributed by atoms with Crippen molar-refractivity contribution in [3.8, 4) is 5.69 Å². The summed E-state index contributed by atoms with van der Waals surface area (Å²) >= 11 is 0. The molecule has 0 bridgehead atoms. The lowest BCUT2D eigenvalue weighted by Gasteiger charge is -2.12. The van der Waals surface area contributed by atoms with Gasteiger partial charge in [-0.25, -0.2) is 9.78 Å². The number of nitrogens with zero attached hydrogens (tertiary/aromatic N) is 2. The summed E-state index contributed by atoms with van der Waals surface area (Å²) in [5, 5.41) is 12.6. The van der Waals surface area contributed by atoms with Gasteiger partial charge < -0.3 is 15.1 Å². The molecule has 1 atom stereocenters. The Morgan fingerprint density at radius 2 is 2.00 bits per heavy atom. The lowest BCUT2D eigenvalue weighted by Crippen LogP contribution is -2.25. The Labute approximate surface area is 143 Å². The van der Waals surface area contributed by atoms with Crippen LogP contribution in [0, 0.1) is 0 Å². The molecule has 2 aromatic carbocycles. The number of nitrogens with one attached hydrogen (secondary N) is 3. The van der Waals surface area contributed by atoms with Crippen molar-refractivity contribution in [3.63, 3.8) is 0 Å². The van der Waals surface area contributed by atoms with E-state index < -0.39 is 6.23 Å². The Bertz CT molecular complexity index is 1090. The monoisotopic (exact) mass is 337 g/mol. The van der Waals surface area contributed by atoms with Crippen LogP contribution in [0.2, 0.25) is 0 Å². The Morgan fingerprint density at radius 1 is 1.20 bits per heavy atom. The van der Waals surface area contributed by atoms with Crippen LogP contribution in [-0.2, 0) is 6.42 Å². The maximum absolute atomic E-state index is 11.5. The Hall–Kier alpha value is -2.90. The number of rotatable bonds is 5. The van der Waals surface area contributed by atoms with Crippen molar-refractivity contribution in [3.05, 3.63) is 58.8 Å². The van der Waals surface area contributed by atoms with E-state index in [0.29, 0.717) is 12.8 Å². The number of aliphatic hydroxyl groups excluding tert-OH is 1. The van der Waals surface area contributed by atoms with E-state index in [2.05, 4.69) is 19.9 Å². The molecule has 2 heterocycles.